The van der Waals surface area contributed by atoms with Crippen LogP contribution < -0.4 is 5.32 Å². The Bertz CT molecular complexity index is 942. The van der Waals surface area contributed by atoms with Crippen LogP contribution in [-0.2, 0) is 0 Å². The van der Waals surface area contributed by atoms with Crippen LogP contribution in [0.15, 0.2) is 59.0 Å². The van der Waals surface area contributed by atoms with E-state index >= 15 is 0 Å². The van der Waals surface area contributed by atoms with Gasteiger partial charge in [0.25, 0.3) is 5.91 Å². The lowest BCUT2D eigenvalue weighted by Gasteiger charge is -2.04. The fourth-order valence-electron chi connectivity index (χ4n) is 2.49. The summed E-state index contributed by atoms with van der Waals surface area (Å²) in [5.74, 6) is 0.746. The number of furan rings is 1. The summed E-state index contributed by atoms with van der Waals surface area (Å²) in [6.45, 7) is 3.23. The van der Waals surface area contributed by atoms with Crippen molar-refractivity contribution in [1.29, 1.82) is 0 Å². The second kappa shape index (κ2) is 6.95. The quantitative estimate of drug-likeness (QED) is 0.642. The van der Waals surface area contributed by atoms with Crippen molar-refractivity contribution in [1.82, 2.24) is 0 Å². The first-order valence-corrected chi connectivity index (χ1v) is 8.11. The van der Waals surface area contributed by atoms with Gasteiger partial charge in [0, 0.05) is 16.8 Å². The van der Waals surface area contributed by atoms with Crippen molar-refractivity contribution in [3.05, 3.63) is 76.5 Å². The lowest BCUT2D eigenvalue weighted by Crippen LogP contribution is -2.12. The molecule has 1 amide bonds. The minimum atomic E-state index is -0.282. The summed E-state index contributed by atoms with van der Waals surface area (Å²) in [5.41, 5.74) is 2.37. The average Bonchev–Trinajstić information content (AvgIpc) is 2.97. The SMILES string of the molecule is CC(=O)c1ccc(NC(=O)c2cc(-c3ccccc3Cl)oc2C)cc1. The van der Waals surface area contributed by atoms with E-state index in [1.54, 1.807) is 43.3 Å². The highest BCUT2D eigenvalue weighted by Crippen LogP contribution is 2.31. The second-order valence-corrected chi connectivity index (χ2v) is 6.06. The number of aryl methyl sites for hydroxylation is 1. The molecule has 0 radical (unpaired) electrons. The number of nitrogens with one attached hydrogen (secondary N) is 1. The van der Waals surface area contributed by atoms with E-state index in [1.807, 2.05) is 18.2 Å². The number of ketones is 1. The Balaban J connectivity index is 1.83. The van der Waals surface area contributed by atoms with E-state index in [4.69, 9.17) is 16.0 Å². The molecule has 3 aromatic rings. The predicted molar refractivity (Wildman–Crippen MR) is 98.3 cm³/mol. The molecule has 5 heteroatoms. The lowest BCUT2D eigenvalue weighted by molar-refractivity contribution is 0.101. The Morgan fingerprint density at radius 3 is 2.36 bits per heavy atom. The summed E-state index contributed by atoms with van der Waals surface area (Å²) in [4.78, 5) is 23.8. The molecule has 0 aliphatic heterocycles. The summed E-state index contributed by atoms with van der Waals surface area (Å²) in [5, 5.41) is 3.36. The maximum absolute atomic E-state index is 12.5. The number of rotatable bonds is 4. The van der Waals surface area contributed by atoms with Gasteiger partial charge in [0.1, 0.15) is 11.5 Å². The minimum Gasteiger partial charge on any atom is -0.460 e. The van der Waals surface area contributed by atoms with E-state index in [9.17, 15) is 9.59 Å². The monoisotopic (exact) mass is 353 g/mol. The van der Waals surface area contributed by atoms with E-state index in [1.165, 1.54) is 6.92 Å². The summed E-state index contributed by atoms with van der Waals surface area (Å²) in [6, 6.07) is 15.7. The minimum absolute atomic E-state index is 0.0204. The van der Waals surface area contributed by atoms with Gasteiger partial charge in [-0.3, -0.25) is 9.59 Å². The molecular weight excluding hydrogens is 338 g/mol. The van der Waals surface area contributed by atoms with Crippen LogP contribution in [0.25, 0.3) is 11.3 Å². The van der Waals surface area contributed by atoms with Gasteiger partial charge in [-0.1, -0.05) is 23.7 Å². The smallest absolute Gasteiger partial charge is 0.259 e. The molecular formula is C20H16ClNO3. The van der Waals surface area contributed by atoms with Crippen LogP contribution >= 0.6 is 11.6 Å². The van der Waals surface area contributed by atoms with Crippen molar-refractivity contribution < 1.29 is 14.0 Å². The summed E-state index contributed by atoms with van der Waals surface area (Å²) < 4.78 is 5.70. The van der Waals surface area contributed by atoms with Gasteiger partial charge in [0.2, 0.25) is 0 Å². The molecule has 0 bridgehead atoms. The lowest BCUT2D eigenvalue weighted by atomic mass is 10.1. The van der Waals surface area contributed by atoms with E-state index in [0.717, 1.165) is 5.56 Å². The summed E-state index contributed by atoms with van der Waals surface area (Å²) >= 11 is 6.18. The zero-order valence-corrected chi connectivity index (χ0v) is 14.6. The number of amides is 1. The van der Waals surface area contributed by atoms with Gasteiger partial charge in [-0.15, -0.1) is 0 Å². The van der Waals surface area contributed by atoms with Gasteiger partial charge in [-0.05, 0) is 56.3 Å². The van der Waals surface area contributed by atoms with E-state index in [-0.39, 0.29) is 11.7 Å². The van der Waals surface area contributed by atoms with Crippen LogP contribution in [0.3, 0.4) is 0 Å². The molecule has 1 heterocycles. The molecule has 0 atom stereocenters. The Hall–Kier alpha value is -2.85. The molecule has 0 saturated heterocycles. The van der Waals surface area contributed by atoms with E-state index < -0.39 is 0 Å². The largest absolute Gasteiger partial charge is 0.460 e. The number of halogens is 1. The number of hydrogen-bond acceptors (Lipinski definition) is 3. The van der Waals surface area contributed by atoms with Gasteiger partial charge in [0.15, 0.2) is 5.78 Å². The Kier molecular flexibility index (Phi) is 4.72. The molecule has 3 rings (SSSR count). The predicted octanol–water partition coefficient (Wildman–Crippen LogP) is 5.36. The van der Waals surface area contributed by atoms with Crippen LogP contribution in [0.5, 0.6) is 0 Å². The van der Waals surface area contributed by atoms with Crippen molar-refractivity contribution in [3.8, 4) is 11.3 Å². The zero-order chi connectivity index (χ0) is 18.0. The van der Waals surface area contributed by atoms with Crippen molar-refractivity contribution in [2.75, 3.05) is 5.32 Å². The molecule has 4 nitrogen and oxygen atoms in total. The van der Waals surface area contributed by atoms with E-state index in [2.05, 4.69) is 5.32 Å². The number of anilines is 1. The normalized spacial score (nSPS) is 10.5. The molecule has 0 fully saturated rings. The molecule has 2 aromatic carbocycles. The van der Waals surface area contributed by atoms with Gasteiger partial charge in [-0.25, -0.2) is 0 Å². The number of Topliss-reactive ketones (excluding diaryl/α,β-unsaturated/α-hetero) is 1. The Morgan fingerprint density at radius 2 is 1.72 bits per heavy atom. The van der Waals surface area contributed by atoms with Crippen molar-refractivity contribution in [2.45, 2.75) is 13.8 Å². The number of carbonyl (C=O) groups excluding carboxylic acids is 2. The van der Waals surface area contributed by atoms with Crippen LogP contribution in [0.4, 0.5) is 5.69 Å². The third-order valence-corrected chi connectivity index (χ3v) is 4.18. The van der Waals surface area contributed by atoms with Gasteiger partial charge >= 0.3 is 0 Å². The topological polar surface area (TPSA) is 59.3 Å². The third kappa shape index (κ3) is 3.64. The second-order valence-electron chi connectivity index (χ2n) is 5.65. The van der Waals surface area contributed by atoms with Gasteiger partial charge in [-0.2, -0.15) is 0 Å². The first-order chi connectivity index (χ1) is 12.0. The van der Waals surface area contributed by atoms with Crippen LogP contribution in [0.2, 0.25) is 5.02 Å². The average molecular weight is 354 g/mol. The maximum atomic E-state index is 12.5. The number of benzene rings is 2. The maximum Gasteiger partial charge on any atom is 0.259 e. The van der Waals surface area contributed by atoms with Gasteiger partial charge in [0.05, 0.1) is 10.6 Å². The fourth-order valence-corrected chi connectivity index (χ4v) is 2.72. The highest BCUT2D eigenvalue weighted by atomic mass is 35.5. The first-order valence-electron chi connectivity index (χ1n) is 7.73. The van der Waals surface area contributed by atoms with E-state index in [0.29, 0.717) is 33.4 Å². The molecule has 1 aromatic heterocycles. The molecule has 1 N–H and O–H groups in total. The Labute approximate surface area is 150 Å². The number of carbonyl (C=O) groups is 2. The molecule has 0 aliphatic carbocycles. The summed E-state index contributed by atoms with van der Waals surface area (Å²) in [6.07, 6.45) is 0. The van der Waals surface area contributed by atoms with Crippen LogP contribution in [-0.4, -0.2) is 11.7 Å². The molecule has 25 heavy (non-hydrogen) atoms. The molecule has 0 saturated carbocycles. The summed E-state index contributed by atoms with van der Waals surface area (Å²) in [7, 11) is 0. The van der Waals surface area contributed by atoms with Crippen molar-refractivity contribution in [3.63, 3.8) is 0 Å². The van der Waals surface area contributed by atoms with Crippen LogP contribution in [0, 0.1) is 6.92 Å². The third-order valence-electron chi connectivity index (χ3n) is 3.85. The highest BCUT2D eigenvalue weighted by molar-refractivity contribution is 6.33. The molecule has 0 aliphatic rings. The molecule has 0 unspecified atom stereocenters. The van der Waals surface area contributed by atoms with Crippen molar-refractivity contribution in [2.24, 2.45) is 0 Å². The highest BCUT2D eigenvalue weighted by Gasteiger charge is 2.17. The standard InChI is InChI=1S/C20H16ClNO3/c1-12(23)14-7-9-15(10-8-14)22-20(24)17-11-19(25-13(17)2)16-5-3-4-6-18(16)21/h3-11H,1-2H3,(H,22,24). The fraction of sp³-hybridized carbons (Fsp3) is 0.100. The Morgan fingerprint density at radius 1 is 1.04 bits per heavy atom. The van der Waals surface area contributed by atoms with Crippen molar-refractivity contribution >= 4 is 29.0 Å². The number of hydrogen-bond donors (Lipinski definition) is 1. The molecule has 0 spiro atoms. The zero-order valence-electron chi connectivity index (χ0n) is 13.8. The van der Waals surface area contributed by atoms with Gasteiger partial charge < -0.3 is 9.73 Å². The van der Waals surface area contributed by atoms with Crippen LogP contribution in [0.1, 0.15) is 33.4 Å². The first kappa shape index (κ1) is 17.0. The molecule has 126 valence electrons.